The van der Waals surface area contributed by atoms with Crippen LogP contribution in [0.2, 0.25) is 5.02 Å². The number of rotatable bonds is 4. The van der Waals surface area contributed by atoms with Gasteiger partial charge in [0.15, 0.2) is 11.5 Å². The smallest absolute Gasteiger partial charge is 0.255 e. The maximum atomic E-state index is 12.7. The predicted molar refractivity (Wildman–Crippen MR) is 112 cm³/mol. The van der Waals surface area contributed by atoms with Crippen LogP contribution in [0, 0.1) is 0 Å². The average molecular weight is 413 g/mol. The minimum atomic E-state index is -0.132. The van der Waals surface area contributed by atoms with E-state index in [1.165, 1.54) is 7.11 Å². The number of nitrogens with one attached hydrogen (secondary N) is 1. The Morgan fingerprint density at radius 3 is 2.79 bits per heavy atom. The number of methoxy groups -OCH3 is 1. The summed E-state index contributed by atoms with van der Waals surface area (Å²) in [5.41, 5.74) is 9.48. The molecular formula is C21H21ClN4O3. The molecule has 1 aliphatic heterocycles. The van der Waals surface area contributed by atoms with Gasteiger partial charge in [-0.05, 0) is 42.0 Å². The number of hydrogen-bond acceptors (Lipinski definition) is 6. The fraction of sp³-hybridized carbons (Fsp3) is 0.238. The highest BCUT2D eigenvalue weighted by Gasteiger charge is 2.22. The number of H-pyrrole nitrogens is 1. The number of ether oxygens (including phenoxy) is 1. The van der Waals surface area contributed by atoms with Crippen molar-refractivity contribution in [3.63, 3.8) is 0 Å². The van der Waals surface area contributed by atoms with Crippen molar-refractivity contribution >= 4 is 17.3 Å². The lowest BCUT2D eigenvalue weighted by Gasteiger charge is -2.28. The molecule has 4 N–H and O–H groups in total. The minimum Gasteiger partial charge on any atom is -0.503 e. The number of aromatic amines is 1. The fourth-order valence-corrected chi connectivity index (χ4v) is 3.76. The molecule has 1 aromatic heterocycles. The Balaban J connectivity index is 1.57. The number of nitrogen functional groups attached to an aromatic ring is 1. The van der Waals surface area contributed by atoms with Gasteiger partial charge in [0.25, 0.3) is 5.56 Å². The number of nitrogens with zero attached hydrogens (tertiary/aromatic N) is 2. The normalized spacial score (nSPS) is 13.9. The predicted octanol–water partition coefficient (Wildman–Crippen LogP) is 2.95. The van der Waals surface area contributed by atoms with Crippen molar-refractivity contribution in [1.29, 1.82) is 0 Å². The van der Waals surface area contributed by atoms with Gasteiger partial charge in [0, 0.05) is 37.3 Å². The van der Waals surface area contributed by atoms with Crippen molar-refractivity contribution in [1.82, 2.24) is 14.9 Å². The molecular weight excluding hydrogens is 392 g/mol. The molecule has 0 atom stereocenters. The number of nitrogens with two attached hydrogens (primary N) is 1. The maximum absolute atomic E-state index is 12.7. The highest BCUT2D eigenvalue weighted by molar-refractivity contribution is 6.32. The average Bonchev–Trinajstić information content (AvgIpc) is 2.71. The first-order valence-corrected chi connectivity index (χ1v) is 9.58. The first-order valence-electron chi connectivity index (χ1n) is 9.20. The molecule has 0 amide bonds. The number of phenolic OH excluding ortho intramolecular Hbond substituents is 1. The van der Waals surface area contributed by atoms with Crippen molar-refractivity contribution in [2.45, 2.75) is 19.5 Å². The highest BCUT2D eigenvalue weighted by atomic mass is 35.5. The molecule has 0 spiro atoms. The van der Waals surface area contributed by atoms with Gasteiger partial charge in [-0.2, -0.15) is 0 Å². The summed E-state index contributed by atoms with van der Waals surface area (Å²) in [6.45, 7) is 1.82. The highest BCUT2D eigenvalue weighted by Crippen LogP contribution is 2.35. The number of fused-ring (bicyclic) bond motifs is 1. The number of aromatic nitrogens is 2. The van der Waals surface area contributed by atoms with Gasteiger partial charge < -0.3 is 20.6 Å². The third-order valence-corrected chi connectivity index (χ3v) is 5.33. The third-order valence-electron chi connectivity index (χ3n) is 5.05. The summed E-state index contributed by atoms with van der Waals surface area (Å²) in [6.07, 6.45) is 0.671. The fourth-order valence-electron chi connectivity index (χ4n) is 3.53. The first-order chi connectivity index (χ1) is 13.9. The minimum absolute atomic E-state index is 0.0715. The largest absolute Gasteiger partial charge is 0.503 e. The van der Waals surface area contributed by atoms with Crippen LogP contribution in [0.5, 0.6) is 11.5 Å². The van der Waals surface area contributed by atoms with E-state index in [4.69, 9.17) is 22.1 Å². The van der Waals surface area contributed by atoms with E-state index in [1.807, 2.05) is 12.1 Å². The third kappa shape index (κ3) is 3.92. The van der Waals surface area contributed by atoms with Crippen LogP contribution in [-0.4, -0.2) is 33.6 Å². The molecule has 0 radical (unpaired) electrons. The van der Waals surface area contributed by atoms with Crippen LogP contribution in [0.25, 0.3) is 11.4 Å². The zero-order valence-electron chi connectivity index (χ0n) is 15.9. The van der Waals surface area contributed by atoms with Crippen LogP contribution in [-0.2, 0) is 19.5 Å². The van der Waals surface area contributed by atoms with Crippen molar-refractivity contribution < 1.29 is 9.84 Å². The SMILES string of the molecule is COc1cc(CN2CCc3nc(-c4ccc(N)cc4)[nH]c(=O)c3C2)cc(Cl)c1O. The number of anilines is 1. The van der Waals surface area contributed by atoms with Gasteiger partial charge in [0.05, 0.1) is 23.4 Å². The molecule has 2 heterocycles. The van der Waals surface area contributed by atoms with E-state index < -0.39 is 0 Å². The lowest BCUT2D eigenvalue weighted by molar-refractivity contribution is 0.241. The summed E-state index contributed by atoms with van der Waals surface area (Å²) in [5, 5.41) is 10.1. The van der Waals surface area contributed by atoms with E-state index in [2.05, 4.69) is 14.9 Å². The van der Waals surface area contributed by atoms with Crippen LogP contribution < -0.4 is 16.0 Å². The molecule has 150 valence electrons. The van der Waals surface area contributed by atoms with Gasteiger partial charge in [-0.25, -0.2) is 4.98 Å². The quantitative estimate of drug-likeness (QED) is 0.569. The molecule has 0 fully saturated rings. The Hall–Kier alpha value is -3.03. The topological polar surface area (TPSA) is 104 Å². The second-order valence-electron chi connectivity index (χ2n) is 7.05. The summed E-state index contributed by atoms with van der Waals surface area (Å²) in [4.78, 5) is 22.4. The van der Waals surface area contributed by atoms with Crippen molar-refractivity contribution in [2.24, 2.45) is 0 Å². The van der Waals surface area contributed by atoms with Gasteiger partial charge in [-0.1, -0.05) is 11.6 Å². The second kappa shape index (κ2) is 7.77. The van der Waals surface area contributed by atoms with E-state index in [0.717, 1.165) is 23.4 Å². The summed E-state index contributed by atoms with van der Waals surface area (Å²) < 4.78 is 5.17. The molecule has 0 saturated carbocycles. The summed E-state index contributed by atoms with van der Waals surface area (Å²) in [6, 6.07) is 10.7. The first kappa shape index (κ1) is 19.3. The molecule has 8 heteroatoms. The van der Waals surface area contributed by atoms with E-state index in [-0.39, 0.29) is 16.3 Å². The Labute approximate surface area is 172 Å². The van der Waals surface area contributed by atoms with Gasteiger partial charge >= 0.3 is 0 Å². The van der Waals surface area contributed by atoms with E-state index in [0.29, 0.717) is 42.3 Å². The lowest BCUT2D eigenvalue weighted by atomic mass is 10.0. The zero-order chi connectivity index (χ0) is 20.5. The number of benzene rings is 2. The van der Waals surface area contributed by atoms with Crippen LogP contribution in [0.4, 0.5) is 5.69 Å². The summed E-state index contributed by atoms with van der Waals surface area (Å²) in [5.74, 6) is 0.813. The van der Waals surface area contributed by atoms with Crippen molar-refractivity contribution in [3.05, 3.63) is 68.6 Å². The number of aromatic hydroxyl groups is 1. The monoisotopic (exact) mass is 412 g/mol. The standard InChI is InChI=1S/C21H21ClN4O3/c1-29-18-9-12(8-16(22)19(18)27)10-26-7-6-17-15(11-26)21(28)25-20(24-17)13-2-4-14(23)5-3-13/h2-5,8-9,27H,6-7,10-11,23H2,1H3,(H,24,25,28). The number of phenols is 1. The lowest BCUT2D eigenvalue weighted by Crippen LogP contribution is -2.35. The molecule has 0 unspecified atom stereocenters. The van der Waals surface area contributed by atoms with E-state index >= 15 is 0 Å². The van der Waals surface area contributed by atoms with Gasteiger partial charge in [0.1, 0.15) is 5.82 Å². The number of halogens is 1. The molecule has 2 aromatic carbocycles. The van der Waals surface area contributed by atoms with Crippen LogP contribution >= 0.6 is 11.6 Å². The Morgan fingerprint density at radius 2 is 2.07 bits per heavy atom. The van der Waals surface area contributed by atoms with Gasteiger partial charge in [-0.3, -0.25) is 9.69 Å². The van der Waals surface area contributed by atoms with Crippen LogP contribution in [0.3, 0.4) is 0 Å². The van der Waals surface area contributed by atoms with E-state index in [1.54, 1.807) is 24.3 Å². The molecule has 7 nitrogen and oxygen atoms in total. The Morgan fingerprint density at radius 1 is 1.31 bits per heavy atom. The van der Waals surface area contributed by atoms with E-state index in [9.17, 15) is 9.90 Å². The van der Waals surface area contributed by atoms with Crippen LogP contribution in [0.15, 0.2) is 41.2 Å². The van der Waals surface area contributed by atoms with Crippen LogP contribution in [0.1, 0.15) is 16.8 Å². The zero-order valence-corrected chi connectivity index (χ0v) is 16.7. The molecule has 0 aliphatic carbocycles. The molecule has 0 saturated heterocycles. The second-order valence-corrected chi connectivity index (χ2v) is 7.46. The van der Waals surface area contributed by atoms with Gasteiger partial charge in [0.2, 0.25) is 0 Å². The van der Waals surface area contributed by atoms with Crippen molar-refractivity contribution in [2.75, 3.05) is 19.4 Å². The van der Waals surface area contributed by atoms with Gasteiger partial charge in [-0.15, -0.1) is 0 Å². The Bertz CT molecular complexity index is 1110. The number of hydrogen-bond donors (Lipinski definition) is 3. The molecule has 29 heavy (non-hydrogen) atoms. The summed E-state index contributed by atoms with van der Waals surface area (Å²) >= 11 is 6.09. The molecule has 4 rings (SSSR count). The summed E-state index contributed by atoms with van der Waals surface area (Å²) in [7, 11) is 1.48. The maximum Gasteiger partial charge on any atom is 0.255 e. The molecule has 0 bridgehead atoms. The Kier molecular flexibility index (Phi) is 5.17. The molecule has 3 aromatic rings. The van der Waals surface area contributed by atoms with Crippen molar-refractivity contribution in [3.8, 4) is 22.9 Å². The molecule has 1 aliphatic rings.